The fourth-order valence-electron chi connectivity index (χ4n) is 3.81. The zero-order valence-corrected chi connectivity index (χ0v) is 14.3. The summed E-state index contributed by atoms with van der Waals surface area (Å²) in [5.41, 5.74) is 0.0549. The van der Waals surface area contributed by atoms with Crippen LogP contribution in [-0.2, 0) is 10.3 Å². The van der Waals surface area contributed by atoms with E-state index in [0.29, 0.717) is 29.2 Å². The summed E-state index contributed by atoms with van der Waals surface area (Å²) in [4.78, 5) is 13.5. The highest BCUT2D eigenvalue weighted by Crippen LogP contribution is 2.50. The van der Waals surface area contributed by atoms with E-state index < -0.39 is 11.5 Å². The highest BCUT2D eigenvalue weighted by Gasteiger charge is 2.52. The van der Waals surface area contributed by atoms with Crippen molar-refractivity contribution in [1.82, 2.24) is 20.2 Å². The van der Waals surface area contributed by atoms with Crippen molar-refractivity contribution >= 4 is 17.7 Å². The topological polar surface area (TPSA) is 80.9 Å². The van der Waals surface area contributed by atoms with Gasteiger partial charge < -0.3 is 5.11 Å². The molecule has 0 spiro atoms. The Kier molecular flexibility index (Phi) is 3.83. The Morgan fingerprint density at radius 2 is 1.96 bits per heavy atom. The molecule has 0 amide bonds. The highest BCUT2D eigenvalue weighted by atomic mass is 32.2. The minimum atomic E-state index is -1.04. The lowest BCUT2D eigenvalue weighted by Gasteiger charge is -2.35. The first-order valence-electron chi connectivity index (χ1n) is 8.33. The van der Waals surface area contributed by atoms with Crippen molar-refractivity contribution in [3.8, 4) is 0 Å². The molecule has 2 aliphatic heterocycles. The summed E-state index contributed by atoms with van der Waals surface area (Å²) in [6.07, 6.45) is 3.34. The average Bonchev–Trinajstić information content (AvgIpc) is 3.22. The number of rotatable bonds is 4. The Morgan fingerprint density at radius 1 is 1.29 bits per heavy atom. The van der Waals surface area contributed by atoms with Crippen molar-refractivity contribution in [2.45, 2.75) is 54.6 Å². The number of benzene rings is 1. The first-order chi connectivity index (χ1) is 11.6. The Hall–Kier alpha value is -1.89. The molecule has 4 rings (SSSR count). The normalized spacial score (nSPS) is 30.2. The molecule has 7 heteroatoms. The lowest BCUT2D eigenvalue weighted by Crippen LogP contribution is -2.48. The number of carboxylic acids is 1. The Bertz CT molecular complexity index is 736. The van der Waals surface area contributed by atoms with Crippen LogP contribution in [0, 0.1) is 0 Å². The lowest BCUT2D eigenvalue weighted by molar-refractivity contribution is -0.150. The third kappa shape index (κ3) is 2.51. The molecule has 0 radical (unpaired) electrons. The maximum absolute atomic E-state index is 12.1. The van der Waals surface area contributed by atoms with Crippen LogP contribution < -0.4 is 0 Å². The van der Waals surface area contributed by atoms with E-state index in [1.807, 2.05) is 49.0 Å². The van der Waals surface area contributed by atoms with Gasteiger partial charge >= 0.3 is 5.97 Å². The van der Waals surface area contributed by atoms with Gasteiger partial charge in [0.1, 0.15) is 0 Å². The fourth-order valence-corrected chi connectivity index (χ4v) is 5.64. The van der Waals surface area contributed by atoms with Crippen LogP contribution in [0.2, 0.25) is 0 Å². The molecule has 1 N–H and O–H groups in total. The molecule has 3 unspecified atom stereocenters. The van der Waals surface area contributed by atoms with Gasteiger partial charge in [-0.05, 0) is 36.5 Å². The molecule has 0 aliphatic carbocycles. The molecular formula is C17H20N4O2S. The van der Waals surface area contributed by atoms with E-state index in [9.17, 15) is 9.90 Å². The molecule has 3 atom stereocenters. The minimum absolute atomic E-state index is 0.0134. The molecule has 24 heavy (non-hydrogen) atoms. The van der Waals surface area contributed by atoms with Crippen LogP contribution in [0.15, 0.2) is 30.3 Å². The SMILES string of the molecule is CC(c1ccccc1)c1nnn(C2(C(=O)O)CC3CCC(C2)S3)n1. The number of thioether (sulfide) groups is 1. The third-order valence-electron chi connectivity index (χ3n) is 5.22. The average molecular weight is 344 g/mol. The number of carboxylic acid groups (broad SMARTS) is 1. The predicted molar refractivity (Wildman–Crippen MR) is 91.0 cm³/mol. The quantitative estimate of drug-likeness (QED) is 0.918. The highest BCUT2D eigenvalue weighted by molar-refractivity contribution is 8.00. The zero-order valence-electron chi connectivity index (χ0n) is 13.5. The smallest absolute Gasteiger partial charge is 0.333 e. The summed E-state index contributed by atoms with van der Waals surface area (Å²) < 4.78 is 0. The third-order valence-corrected chi connectivity index (χ3v) is 6.80. The molecule has 2 bridgehead atoms. The van der Waals surface area contributed by atoms with Gasteiger partial charge in [0.15, 0.2) is 11.4 Å². The van der Waals surface area contributed by atoms with Crippen molar-refractivity contribution in [1.29, 1.82) is 0 Å². The molecule has 3 heterocycles. The van der Waals surface area contributed by atoms with E-state index in [1.54, 1.807) is 0 Å². The predicted octanol–water partition coefficient (Wildman–Crippen LogP) is 2.66. The summed E-state index contributed by atoms with van der Waals surface area (Å²) in [5.74, 6) is -0.274. The van der Waals surface area contributed by atoms with Gasteiger partial charge in [-0.15, -0.1) is 15.0 Å². The summed E-state index contributed by atoms with van der Waals surface area (Å²) >= 11 is 1.92. The second kappa shape index (κ2) is 5.88. The number of hydrogen-bond donors (Lipinski definition) is 1. The summed E-state index contributed by atoms with van der Waals surface area (Å²) in [7, 11) is 0. The Balaban J connectivity index is 1.66. The van der Waals surface area contributed by atoms with E-state index in [0.717, 1.165) is 18.4 Å². The number of carbonyl (C=O) groups is 1. The second-order valence-corrected chi connectivity index (χ2v) is 8.38. The maximum Gasteiger partial charge on any atom is 0.333 e. The van der Waals surface area contributed by atoms with Gasteiger partial charge in [-0.3, -0.25) is 0 Å². The second-order valence-electron chi connectivity index (χ2n) is 6.77. The van der Waals surface area contributed by atoms with Gasteiger partial charge in [0.25, 0.3) is 0 Å². The summed E-state index contributed by atoms with van der Waals surface area (Å²) in [5, 5.41) is 23.6. The molecule has 1 aromatic carbocycles. The maximum atomic E-state index is 12.1. The lowest BCUT2D eigenvalue weighted by atomic mass is 9.90. The largest absolute Gasteiger partial charge is 0.479 e. The van der Waals surface area contributed by atoms with Crippen LogP contribution >= 0.6 is 11.8 Å². The van der Waals surface area contributed by atoms with Gasteiger partial charge in [-0.1, -0.05) is 37.3 Å². The number of aromatic nitrogens is 4. The number of nitrogens with zero attached hydrogens (tertiary/aromatic N) is 4. The van der Waals surface area contributed by atoms with Gasteiger partial charge in [0, 0.05) is 16.4 Å². The first kappa shape index (κ1) is 15.6. The molecule has 2 saturated heterocycles. The minimum Gasteiger partial charge on any atom is -0.479 e. The van der Waals surface area contributed by atoms with E-state index in [4.69, 9.17) is 0 Å². The van der Waals surface area contributed by atoms with E-state index >= 15 is 0 Å². The molecule has 2 aliphatic rings. The van der Waals surface area contributed by atoms with E-state index in [-0.39, 0.29) is 5.92 Å². The fraction of sp³-hybridized carbons (Fsp3) is 0.529. The number of fused-ring (bicyclic) bond motifs is 2. The van der Waals surface area contributed by atoms with Crippen molar-refractivity contribution in [3.63, 3.8) is 0 Å². The van der Waals surface area contributed by atoms with Gasteiger partial charge in [0.05, 0.1) is 0 Å². The molecule has 0 saturated carbocycles. The van der Waals surface area contributed by atoms with E-state index in [1.165, 1.54) is 4.80 Å². The zero-order chi connectivity index (χ0) is 16.7. The van der Waals surface area contributed by atoms with Crippen molar-refractivity contribution in [2.24, 2.45) is 0 Å². The monoisotopic (exact) mass is 344 g/mol. The number of aliphatic carboxylic acids is 1. The number of hydrogen-bond acceptors (Lipinski definition) is 5. The van der Waals surface area contributed by atoms with Crippen molar-refractivity contribution in [3.05, 3.63) is 41.7 Å². The van der Waals surface area contributed by atoms with Crippen LogP contribution in [0.5, 0.6) is 0 Å². The summed E-state index contributed by atoms with van der Waals surface area (Å²) in [6, 6.07) is 9.97. The Labute approximate surface area is 144 Å². The van der Waals surface area contributed by atoms with Crippen LogP contribution in [0.4, 0.5) is 0 Å². The molecule has 6 nitrogen and oxygen atoms in total. The summed E-state index contributed by atoms with van der Waals surface area (Å²) in [6.45, 7) is 2.02. The molecular weight excluding hydrogens is 324 g/mol. The first-order valence-corrected chi connectivity index (χ1v) is 9.27. The van der Waals surface area contributed by atoms with Crippen molar-refractivity contribution < 1.29 is 9.90 Å². The van der Waals surface area contributed by atoms with Crippen LogP contribution in [-0.4, -0.2) is 41.8 Å². The van der Waals surface area contributed by atoms with Gasteiger partial charge in [-0.25, -0.2) is 4.79 Å². The molecule has 126 valence electrons. The molecule has 2 aromatic rings. The molecule has 2 fully saturated rings. The van der Waals surface area contributed by atoms with E-state index in [2.05, 4.69) is 15.4 Å². The van der Waals surface area contributed by atoms with Crippen LogP contribution in [0.3, 0.4) is 0 Å². The standard InChI is InChI=1S/C17H20N4O2S/c1-11(12-5-3-2-4-6-12)15-18-20-21(19-15)17(16(22)23)9-13-7-8-14(10-17)24-13/h2-6,11,13-14H,7-10H2,1H3,(H,22,23). The Morgan fingerprint density at radius 3 is 2.58 bits per heavy atom. The van der Waals surface area contributed by atoms with Gasteiger partial charge in [-0.2, -0.15) is 11.8 Å². The van der Waals surface area contributed by atoms with Gasteiger partial charge in [0.2, 0.25) is 0 Å². The van der Waals surface area contributed by atoms with Crippen LogP contribution in [0.25, 0.3) is 0 Å². The molecule has 1 aromatic heterocycles. The number of tetrazole rings is 1. The van der Waals surface area contributed by atoms with Crippen LogP contribution in [0.1, 0.15) is 49.9 Å². The van der Waals surface area contributed by atoms with Crippen molar-refractivity contribution in [2.75, 3.05) is 0 Å².